The number of aryl methyl sites for hydroxylation is 1. The lowest BCUT2D eigenvalue weighted by Gasteiger charge is -2.20. The monoisotopic (exact) mass is 1730 g/mol. The molecule has 0 aliphatic carbocycles. The number of thiazole rings is 1. The van der Waals surface area contributed by atoms with E-state index in [0.717, 1.165) is 202 Å². The Kier molecular flexibility index (Phi) is 35.1. The Labute approximate surface area is 769 Å². The van der Waals surface area contributed by atoms with Gasteiger partial charge in [-0.05, 0) is 208 Å². The van der Waals surface area contributed by atoms with Gasteiger partial charge in [0.25, 0.3) is 5.01 Å². The number of nitrogens with one attached hydrogen (secondary N) is 4. The molecule has 12 heteroatoms. The van der Waals surface area contributed by atoms with Crippen LogP contribution in [0.1, 0.15) is 370 Å². The first-order valence-corrected chi connectivity index (χ1v) is 51.5. The molecule has 16 bridgehead atoms. The van der Waals surface area contributed by atoms with Gasteiger partial charge < -0.3 is 24.8 Å². The van der Waals surface area contributed by atoms with Gasteiger partial charge in [0.05, 0.1) is 78.4 Å². The molecule has 5 aliphatic rings. The molecule has 9 aromatic rings. The largest absolute Gasteiger partial charge is 0.355 e. The van der Waals surface area contributed by atoms with E-state index in [1.807, 2.05) is 23.1 Å². The van der Waals surface area contributed by atoms with Gasteiger partial charge in [0.2, 0.25) is 5.52 Å². The SMILES string of the molecule is CCCCCCCCCCCCN1/C(=C/C=C/C=C/c2sc3cc(C#Cc4c5nc(cc6ccc([nH]6)c(CC(CC)CCC)c6nc(c(CC(CC)CCC)c7ccc4[nH]7)C=C6)C=C5)ccc3[n+]2CCCCCCCCCCCC)Sc2cc(C#Cc3c4nc(cc5ccc([nH]5)c(CC(CC)CCC)c5nc(c(CC(CC)CCC)c6ccc3[nH]6)C=C5)C=C4)ccc21. The lowest BCUT2D eigenvalue weighted by atomic mass is 9.92. The van der Waals surface area contributed by atoms with Crippen molar-refractivity contribution in [3.63, 3.8) is 0 Å². The average Bonchev–Trinajstić information content (AvgIpc) is 1.66. The van der Waals surface area contributed by atoms with E-state index in [0.29, 0.717) is 23.7 Å². The van der Waals surface area contributed by atoms with Crippen LogP contribution in [0.15, 0.2) is 131 Å². The van der Waals surface area contributed by atoms with Gasteiger partial charge in [-0.15, -0.1) is 0 Å². The molecule has 0 saturated carbocycles. The van der Waals surface area contributed by atoms with Crippen LogP contribution in [0, 0.1) is 47.4 Å². The van der Waals surface area contributed by atoms with Crippen molar-refractivity contribution in [3.8, 4) is 23.7 Å². The molecule has 7 aromatic heterocycles. The number of aromatic amines is 4. The molecule has 12 heterocycles. The minimum atomic E-state index is 0.538. The maximum absolute atomic E-state index is 5.58. The van der Waals surface area contributed by atoms with Crippen molar-refractivity contribution in [1.82, 2.24) is 39.9 Å². The summed E-state index contributed by atoms with van der Waals surface area (Å²) < 4.78 is 3.81. The standard InChI is InChI=1S/C115H143N10S2/c1-11-21-23-25-27-29-31-33-35-40-72-124-110-70-50-86(48-56-92-98-58-52-88(116-98)80-90-54-60-102(118-90)94(74-82(17-7)42-13-3)104-66-68-108(122-104)96(76-84(19-9)44-15-5)106-64-62-100(92)120-106)78-112(110)126-114(124)46-38-37-39-47-115-125(73-41-36-34-32-30-28-26-24-22-12-2)111-71-51-87(79-113(111)127-115)49-57-93-99-59-53-89(117-99)81-91-55-61-103(119-91)95(75-83(18-8)43-14-4)105-67-69-109(123-105)97(77-85(20-10)45-16-6)107-65-63-101(93)121-107/h37-39,46-47,50-55,58-71,78-85,118-121H,11-36,40-45,72-77H2,1-10H3/q+1. The third kappa shape index (κ3) is 24.9. The van der Waals surface area contributed by atoms with Gasteiger partial charge in [-0.3, -0.25) is 0 Å². The molecule has 14 rings (SSSR count). The Balaban J connectivity index is 0.782. The number of allylic oxidation sites excluding steroid dienone is 4. The van der Waals surface area contributed by atoms with E-state index in [4.69, 9.17) is 19.9 Å². The Morgan fingerprint density at radius 3 is 1.24 bits per heavy atom. The van der Waals surface area contributed by atoms with Gasteiger partial charge >= 0.3 is 0 Å². The number of benzene rings is 2. The van der Waals surface area contributed by atoms with Crippen LogP contribution < -0.4 is 9.47 Å². The van der Waals surface area contributed by atoms with Gasteiger partial charge in [-0.25, -0.2) is 19.9 Å². The maximum Gasteiger partial charge on any atom is 0.262 e. The highest BCUT2D eigenvalue weighted by Crippen LogP contribution is 2.47. The minimum Gasteiger partial charge on any atom is -0.355 e. The average molecular weight is 1730 g/mol. The van der Waals surface area contributed by atoms with E-state index >= 15 is 0 Å². The Morgan fingerprint density at radius 2 is 0.780 bits per heavy atom. The van der Waals surface area contributed by atoms with Gasteiger partial charge in [0, 0.05) is 96.5 Å². The van der Waals surface area contributed by atoms with Crippen molar-refractivity contribution < 1.29 is 4.57 Å². The maximum atomic E-state index is 5.58. The molecular weight excluding hydrogens is 1590 g/mol. The number of rotatable bonds is 45. The van der Waals surface area contributed by atoms with Gasteiger partial charge in [-0.2, -0.15) is 4.57 Å². The third-order valence-electron chi connectivity index (χ3n) is 27.0. The number of hydrogen-bond donors (Lipinski definition) is 4. The van der Waals surface area contributed by atoms with E-state index in [9.17, 15) is 0 Å². The molecule has 0 amide bonds. The molecule has 0 fully saturated rings. The zero-order valence-electron chi connectivity index (χ0n) is 78.4. The summed E-state index contributed by atoms with van der Waals surface area (Å²) in [7, 11) is 0. The number of H-pyrrole nitrogens is 4. The molecule has 127 heavy (non-hydrogen) atoms. The number of anilines is 1. The van der Waals surface area contributed by atoms with E-state index in [-0.39, 0.29) is 0 Å². The quantitative estimate of drug-likeness (QED) is 0.0131. The highest BCUT2D eigenvalue weighted by Gasteiger charge is 2.27. The second-order valence-corrected chi connectivity index (χ2v) is 38.6. The van der Waals surface area contributed by atoms with Crippen molar-refractivity contribution in [2.45, 2.75) is 312 Å². The molecule has 2 aromatic carbocycles. The summed E-state index contributed by atoms with van der Waals surface area (Å²) >= 11 is 3.74. The minimum absolute atomic E-state index is 0.538. The smallest absolute Gasteiger partial charge is 0.262 e. The van der Waals surface area contributed by atoms with E-state index in [1.165, 1.54) is 207 Å². The number of hydrogen-bond acceptors (Lipinski definition) is 7. The van der Waals surface area contributed by atoms with Gasteiger partial charge in [-0.1, -0.05) is 320 Å². The van der Waals surface area contributed by atoms with Crippen molar-refractivity contribution in [1.29, 1.82) is 0 Å². The van der Waals surface area contributed by atoms with Crippen LogP contribution in [0.2, 0.25) is 0 Å². The fourth-order valence-electron chi connectivity index (χ4n) is 19.4. The normalized spacial score (nSPS) is 14.2. The van der Waals surface area contributed by atoms with Crippen LogP contribution in [0.25, 0.3) is 109 Å². The molecule has 664 valence electrons. The fraction of sp³-hybridized carbons (Fsp3) is 0.452. The van der Waals surface area contributed by atoms with E-state index in [2.05, 4.69) is 298 Å². The van der Waals surface area contributed by atoms with E-state index < -0.39 is 0 Å². The molecule has 0 radical (unpaired) electrons. The van der Waals surface area contributed by atoms with Crippen molar-refractivity contribution in [2.75, 3.05) is 11.4 Å². The first-order chi connectivity index (χ1) is 62.5. The highest BCUT2D eigenvalue weighted by molar-refractivity contribution is 8.03. The number of nitrogens with zero attached hydrogens (tertiary/aromatic N) is 6. The van der Waals surface area contributed by atoms with Crippen LogP contribution in [0.4, 0.5) is 5.69 Å². The fourth-order valence-corrected chi connectivity index (χ4v) is 21.7. The summed E-state index contributed by atoms with van der Waals surface area (Å²) in [5.74, 6) is 17.2. The van der Waals surface area contributed by atoms with Crippen molar-refractivity contribution in [2.24, 2.45) is 23.7 Å². The number of thioether (sulfide) groups is 1. The number of fused-ring (bicyclic) bond motifs is 18. The van der Waals surface area contributed by atoms with Crippen LogP contribution in [0.5, 0.6) is 0 Å². The summed E-state index contributed by atoms with van der Waals surface area (Å²) in [4.78, 5) is 41.2. The summed E-state index contributed by atoms with van der Waals surface area (Å²) in [5, 5.41) is 2.49. The van der Waals surface area contributed by atoms with Crippen molar-refractivity contribution >= 4 is 138 Å². The zero-order valence-corrected chi connectivity index (χ0v) is 80.1. The summed E-state index contributed by atoms with van der Waals surface area (Å²) in [6, 6.07) is 36.0. The van der Waals surface area contributed by atoms with Crippen molar-refractivity contribution in [3.05, 3.63) is 221 Å². The zero-order chi connectivity index (χ0) is 88.1. The molecule has 10 nitrogen and oxygen atoms in total. The summed E-state index contributed by atoms with van der Waals surface area (Å²) in [6.07, 6.45) is 72.9. The van der Waals surface area contributed by atoms with Crippen LogP contribution >= 0.6 is 23.1 Å². The Hall–Kier alpha value is -9.98. The molecule has 0 saturated heterocycles. The topological polar surface area (TPSA) is 122 Å². The summed E-state index contributed by atoms with van der Waals surface area (Å²) in [6.45, 7) is 25.2. The van der Waals surface area contributed by atoms with Crippen LogP contribution in [-0.4, -0.2) is 46.4 Å². The van der Waals surface area contributed by atoms with Crippen LogP contribution in [-0.2, 0) is 32.2 Å². The predicted molar refractivity (Wildman–Crippen MR) is 551 cm³/mol. The Bertz CT molecular complexity index is 5940. The molecule has 5 aliphatic heterocycles. The lowest BCUT2D eigenvalue weighted by molar-refractivity contribution is -0.669. The molecule has 0 spiro atoms. The summed E-state index contributed by atoms with van der Waals surface area (Å²) in [5.41, 5.74) is 27.5. The Morgan fingerprint density at radius 1 is 0.370 bits per heavy atom. The molecule has 4 unspecified atom stereocenters. The lowest BCUT2D eigenvalue weighted by Crippen LogP contribution is -2.35. The second-order valence-electron chi connectivity index (χ2n) is 36.5. The highest BCUT2D eigenvalue weighted by atomic mass is 32.2. The predicted octanol–water partition coefficient (Wildman–Crippen LogP) is 32.3. The first-order valence-electron chi connectivity index (χ1n) is 49.8. The molecule has 4 atom stereocenters. The first kappa shape index (κ1) is 93.2. The van der Waals surface area contributed by atoms with Gasteiger partial charge in [0.1, 0.15) is 4.70 Å². The molecular formula is C115H143N10S2+. The second kappa shape index (κ2) is 47.9. The van der Waals surface area contributed by atoms with E-state index in [1.54, 1.807) is 0 Å². The van der Waals surface area contributed by atoms with Crippen LogP contribution in [0.3, 0.4) is 0 Å². The molecule has 4 N–H and O–H groups in total. The number of unbranched alkanes of at least 4 members (excludes halogenated alkanes) is 18. The number of aromatic nitrogens is 9. The van der Waals surface area contributed by atoms with Gasteiger partial charge in [0.15, 0.2) is 6.54 Å². The third-order valence-corrected chi connectivity index (χ3v) is 29.2.